The van der Waals surface area contributed by atoms with Gasteiger partial charge in [-0.1, -0.05) is 17.7 Å². The van der Waals surface area contributed by atoms with Crippen molar-refractivity contribution in [2.45, 2.75) is 19.9 Å². The molecule has 0 atom stereocenters. The van der Waals surface area contributed by atoms with E-state index in [0.717, 1.165) is 37.4 Å². The molecule has 0 spiro atoms. The molecule has 0 saturated heterocycles. The number of rotatable bonds is 4. The average Bonchev–Trinajstić information content (AvgIpc) is 2.83. The summed E-state index contributed by atoms with van der Waals surface area (Å²) in [5.74, 6) is 0.912. The predicted molar refractivity (Wildman–Crippen MR) is 89.1 cm³/mol. The number of thiophene rings is 1. The second kappa shape index (κ2) is 6.39. The van der Waals surface area contributed by atoms with Crippen LogP contribution in [0.2, 0.25) is 0 Å². The van der Waals surface area contributed by atoms with Crippen molar-refractivity contribution in [3.05, 3.63) is 45.8 Å². The van der Waals surface area contributed by atoms with E-state index < -0.39 is 0 Å². The Bertz CT molecular complexity index is 700. The number of benzene rings is 1. The third kappa shape index (κ3) is 3.08. The number of hydrogen-bond donors (Lipinski definition) is 1. The number of aryl methyl sites for hydroxylation is 1. The zero-order valence-electron chi connectivity index (χ0n) is 12.6. The molecular formula is C17H19N3OS. The number of ether oxygens (including phenoxy) is 1. The minimum absolute atomic E-state index is 0.658. The SMILES string of the molecule is Cc1ccc(OCCN2CCc3c(sc(N)c3C#N)C2)cc1. The third-order valence-electron chi connectivity index (χ3n) is 3.97. The summed E-state index contributed by atoms with van der Waals surface area (Å²) in [6.45, 7) is 5.44. The Balaban J connectivity index is 1.55. The van der Waals surface area contributed by atoms with Gasteiger partial charge in [-0.3, -0.25) is 4.90 Å². The lowest BCUT2D eigenvalue weighted by atomic mass is 10.0. The molecule has 0 radical (unpaired) electrons. The van der Waals surface area contributed by atoms with E-state index in [9.17, 15) is 0 Å². The number of fused-ring (bicyclic) bond motifs is 1. The van der Waals surface area contributed by atoms with Crippen LogP contribution in [-0.4, -0.2) is 24.6 Å². The van der Waals surface area contributed by atoms with Crippen LogP contribution in [0.5, 0.6) is 5.75 Å². The molecule has 0 aliphatic carbocycles. The molecule has 0 bridgehead atoms. The number of nitrogens with zero attached hydrogens (tertiary/aromatic N) is 2. The van der Waals surface area contributed by atoms with Crippen LogP contribution in [-0.2, 0) is 13.0 Å². The molecule has 5 heteroatoms. The van der Waals surface area contributed by atoms with E-state index in [1.807, 2.05) is 12.1 Å². The summed E-state index contributed by atoms with van der Waals surface area (Å²) in [6.07, 6.45) is 0.899. The molecule has 0 amide bonds. The van der Waals surface area contributed by atoms with E-state index in [0.29, 0.717) is 17.2 Å². The van der Waals surface area contributed by atoms with Gasteiger partial charge in [0.2, 0.25) is 0 Å². The molecule has 1 aromatic heterocycles. The Hall–Kier alpha value is -2.03. The fourth-order valence-electron chi connectivity index (χ4n) is 2.72. The van der Waals surface area contributed by atoms with Crippen LogP contribution in [0.3, 0.4) is 0 Å². The Morgan fingerprint density at radius 1 is 1.36 bits per heavy atom. The van der Waals surface area contributed by atoms with Gasteiger partial charge in [0.15, 0.2) is 0 Å². The van der Waals surface area contributed by atoms with Crippen LogP contribution >= 0.6 is 11.3 Å². The number of nitrogen functional groups attached to an aromatic ring is 1. The van der Waals surface area contributed by atoms with Crippen molar-refractivity contribution < 1.29 is 4.74 Å². The lowest BCUT2D eigenvalue weighted by Crippen LogP contribution is -2.33. The second-order valence-electron chi connectivity index (χ2n) is 5.54. The van der Waals surface area contributed by atoms with Crippen molar-refractivity contribution in [3.8, 4) is 11.8 Å². The van der Waals surface area contributed by atoms with Crippen molar-refractivity contribution in [3.63, 3.8) is 0 Å². The summed E-state index contributed by atoms with van der Waals surface area (Å²) in [5.41, 5.74) is 9.00. The van der Waals surface area contributed by atoms with Crippen molar-refractivity contribution in [2.75, 3.05) is 25.4 Å². The van der Waals surface area contributed by atoms with Gasteiger partial charge in [-0.05, 0) is 31.0 Å². The Morgan fingerprint density at radius 3 is 2.86 bits per heavy atom. The second-order valence-corrected chi connectivity index (χ2v) is 6.68. The van der Waals surface area contributed by atoms with Crippen LogP contribution in [0.25, 0.3) is 0 Å². The van der Waals surface area contributed by atoms with Gasteiger partial charge < -0.3 is 10.5 Å². The summed E-state index contributed by atoms with van der Waals surface area (Å²) in [6, 6.07) is 10.3. The Labute approximate surface area is 134 Å². The quantitative estimate of drug-likeness (QED) is 0.942. The predicted octanol–water partition coefficient (Wildman–Crippen LogP) is 2.95. The van der Waals surface area contributed by atoms with E-state index in [1.165, 1.54) is 10.4 Å². The molecule has 0 unspecified atom stereocenters. The fourth-order valence-corrected chi connectivity index (χ4v) is 3.83. The molecule has 1 aliphatic rings. The highest BCUT2D eigenvalue weighted by Crippen LogP contribution is 2.34. The summed E-state index contributed by atoms with van der Waals surface area (Å²) in [5, 5.41) is 9.82. The number of nitriles is 1. The first-order chi connectivity index (χ1) is 10.7. The van der Waals surface area contributed by atoms with Gasteiger partial charge in [0, 0.05) is 24.5 Å². The molecule has 22 heavy (non-hydrogen) atoms. The molecule has 2 N–H and O–H groups in total. The normalized spacial score (nSPS) is 14.4. The number of nitrogens with two attached hydrogens (primary N) is 1. The van der Waals surface area contributed by atoms with E-state index in [4.69, 9.17) is 15.7 Å². The molecule has 2 heterocycles. The monoisotopic (exact) mass is 313 g/mol. The topological polar surface area (TPSA) is 62.3 Å². The van der Waals surface area contributed by atoms with Gasteiger partial charge in [0.1, 0.15) is 23.4 Å². The standard InChI is InChI=1S/C17H19N3OS/c1-12-2-4-13(5-3-12)21-9-8-20-7-6-14-15(10-18)17(19)22-16(14)11-20/h2-5H,6-9,11,19H2,1H3. The van der Waals surface area contributed by atoms with Crippen LogP contribution in [0.15, 0.2) is 24.3 Å². The van der Waals surface area contributed by atoms with Gasteiger partial charge in [0.25, 0.3) is 0 Å². The van der Waals surface area contributed by atoms with Crippen molar-refractivity contribution in [1.29, 1.82) is 5.26 Å². The zero-order valence-corrected chi connectivity index (χ0v) is 13.4. The van der Waals surface area contributed by atoms with Crippen LogP contribution < -0.4 is 10.5 Å². The molecule has 3 rings (SSSR count). The van der Waals surface area contributed by atoms with E-state index in [-0.39, 0.29) is 0 Å². The van der Waals surface area contributed by atoms with Gasteiger partial charge in [-0.2, -0.15) is 5.26 Å². The van der Waals surface area contributed by atoms with Crippen LogP contribution in [0, 0.1) is 18.3 Å². The highest BCUT2D eigenvalue weighted by atomic mass is 32.1. The van der Waals surface area contributed by atoms with Crippen molar-refractivity contribution >= 4 is 16.3 Å². The van der Waals surface area contributed by atoms with Gasteiger partial charge >= 0.3 is 0 Å². The molecule has 0 saturated carbocycles. The first-order valence-corrected chi connectivity index (χ1v) is 8.21. The summed E-state index contributed by atoms with van der Waals surface area (Å²) in [4.78, 5) is 3.59. The minimum atomic E-state index is 0.658. The maximum atomic E-state index is 9.16. The molecule has 2 aromatic rings. The average molecular weight is 313 g/mol. The highest BCUT2D eigenvalue weighted by molar-refractivity contribution is 7.16. The summed E-state index contributed by atoms with van der Waals surface area (Å²) in [7, 11) is 0. The molecule has 1 aliphatic heterocycles. The lowest BCUT2D eigenvalue weighted by molar-refractivity contribution is 0.198. The largest absolute Gasteiger partial charge is 0.492 e. The summed E-state index contributed by atoms with van der Waals surface area (Å²) < 4.78 is 5.79. The fraction of sp³-hybridized carbons (Fsp3) is 0.353. The van der Waals surface area contributed by atoms with Gasteiger partial charge in [0.05, 0.1) is 5.56 Å². The first-order valence-electron chi connectivity index (χ1n) is 7.39. The molecule has 114 valence electrons. The first kappa shape index (κ1) is 14.9. The lowest BCUT2D eigenvalue weighted by Gasteiger charge is -2.26. The van der Waals surface area contributed by atoms with Crippen LogP contribution in [0.4, 0.5) is 5.00 Å². The van der Waals surface area contributed by atoms with Crippen molar-refractivity contribution in [2.24, 2.45) is 0 Å². The van der Waals surface area contributed by atoms with Gasteiger partial charge in [-0.25, -0.2) is 0 Å². The zero-order chi connectivity index (χ0) is 15.5. The smallest absolute Gasteiger partial charge is 0.119 e. The number of anilines is 1. The van der Waals surface area contributed by atoms with Crippen molar-refractivity contribution in [1.82, 2.24) is 4.90 Å². The van der Waals surface area contributed by atoms with E-state index >= 15 is 0 Å². The summed E-state index contributed by atoms with van der Waals surface area (Å²) >= 11 is 1.55. The minimum Gasteiger partial charge on any atom is -0.492 e. The molecular weight excluding hydrogens is 294 g/mol. The Kier molecular flexibility index (Phi) is 4.32. The van der Waals surface area contributed by atoms with Crippen LogP contribution in [0.1, 0.15) is 21.6 Å². The molecule has 1 aromatic carbocycles. The molecule has 4 nitrogen and oxygen atoms in total. The van der Waals surface area contributed by atoms with E-state index in [2.05, 4.69) is 30.0 Å². The maximum Gasteiger partial charge on any atom is 0.119 e. The highest BCUT2D eigenvalue weighted by Gasteiger charge is 2.23. The van der Waals surface area contributed by atoms with E-state index in [1.54, 1.807) is 11.3 Å². The third-order valence-corrected chi connectivity index (χ3v) is 5.02. The number of hydrogen-bond acceptors (Lipinski definition) is 5. The molecule has 0 fully saturated rings. The Morgan fingerprint density at radius 2 is 2.14 bits per heavy atom. The maximum absolute atomic E-state index is 9.16. The van der Waals surface area contributed by atoms with Gasteiger partial charge in [-0.15, -0.1) is 11.3 Å².